The zero-order valence-electron chi connectivity index (χ0n) is 8.27. The first kappa shape index (κ1) is 9.19. The molecule has 0 aromatic heterocycles. The molecule has 0 fully saturated rings. The number of benzene rings is 2. The molecule has 2 rings (SSSR count). The minimum atomic E-state index is 0.779. The highest BCUT2D eigenvalue weighted by Crippen LogP contribution is 2.18. The molecule has 0 unspecified atom stereocenters. The second-order valence-corrected chi connectivity index (χ2v) is 3.55. The molecule has 72 valence electrons. The summed E-state index contributed by atoms with van der Waals surface area (Å²) < 4.78 is 0. The van der Waals surface area contributed by atoms with Crippen molar-refractivity contribution in [3.8, 4) is 0 Å². The van der Waals surface area contributed by atoms with Gasteiger partial charge in [-0.25, -0.2) is 5.01 Å². The number of nitrogens with two attached hydrogens (primary N) is 1. The van der Waals surface area contributed by atoms with Crippen molar-refractivity contribution < 1.29 is 0 Å². The van der Waals surface area contributed by atoms with E-state index in [-0.39, 0.29) is 0 Å². The Morgan fingerprint density at radius 1 is 1.07 bits per heavy atom. The van der Waals surface area contributed by atoms with Gasteiger partial charge in [-0.3, -0.25) is 5.84 Å². The average Bonchev–Trinajstić information content (AvgIpc) is 2.18. The molecule has 0 bridgehead atoms. The fraction of sp³-hybridized carbons (Fsp3) is 0.167. The van der Waals surface area contributed by atoms with Crippen molar-refractivity contribution in [2.24, 2.45) is 5.84 Å². The van der Waals surface area contributed by atoms with Crippen LogP contribution >= 0.6 is 0 Å². The summed E-state index contributed by atoms with van der Waals surface area (Å²) in [6.45, 7) is 0.779. The van der Waals surface area contributed by atoms with Crippen LogP contribution in [0.25, 0.3) is 10.8 Å². The number of hydrazine groups is 1. The lowest BCUT2D eigenvalue weighted by Gasteiger charge is -2.11. The van der Waals surface area contributed by atoms with Gasteiger partial charge in [0.25, 0.3) is 0 Å². The maximum Gasteiger partial charge on any atom is 0.0382 e. The van der Waals surface area contributed by atoms with E-state index in [4.69, 9.17) is 5.84 Å². The molecule has 0 radical (unpaired) electrons. The molecule has 0 aliphatic heterocycles. The van der Waals surface area contributed by atoms with Gasteiger partial charge < -0.3 is 0 Å². The molecule has 2 aromatic carbocycles. The van der Waals surface area contributed by atoms with Gasteiger partial charge in [0.1, 0.15) is 0 Å². The Morgan fingerprint density at radius 3 is 2.57 bits per heavy atom. The maximum absolute atomic E-state index is 5.65. The van der Waals surface area contributed by atoms with E-state index >= 15 is 0 Å². The van der Waals surface area contributed by atoms with Crippen LogP contribution in [-0.2, 0) is 6.54 Å². The van der Waals surface area contributed by atoms with E-state index in [9.17, 15) is 0 Å². The van der Waals surface area contributed by atoms with Gasteiger partial charge in [0.15, 0.2) is 0 Å². The van der Waals surface area contributed by atoms with E-state index < -0.39 is 0 Å². The second kappa shape index (κ2) is 3.78. The van der Waals surface area contributed by atoms with E-state index in [1.807, 2.05) is 7.05 Å². The fourth-order valence-corrected chi connectivity index (χ4v) is 1.70. The van der Waals surface area contributed by atoms with Crippen LogP contribution in [0, 0.1) is 0 Å². The van der Waals surface area contributed by atoms with Crippen LogP contribution in [0.15, 0.2) is 42.5 Å². The molecule has 2 heteroatoms. The lowest BCUT2D eigenvalue weighted by Crippen LogP contribution is -2.25. The van der Waals surface area contributed by atoms with Crippen molar-refractivity contribution in [3.63, 3.8) is 0 Å². The highest BCUT2D eigenvalue weighted by molar-refractivity contribution is 5.85. The molecule has 2 N–H and O–H groups in total. The summed E-state index contributed by atoms with van der Waals surface area (Å²) in [4.78, 5) is 0. The van der Waals surface area contributed by atoms with Gasteiger partial charge in [-0.1, -0.05) is 42.5 Å². The number of hydrogen-bond donors (Lipinski definition) is 1. The number of nitrogens with zero attached hydrogens (tertiary/aromatic N) is 1. The quantitative estimate of drug-likeness (QED) is 0.575. The van der Waals surface area contributed by atoms with Crippen LogP contribution < -0.4 is 5.84 Å². The standard InChI is InChI=1S/C12H14N2/c1-14(13)9-11-7-4-6-10-5-2-3-8-12(10)11/h2-8H,9,13H2,1H3. The Balaban J connectivity index is 2.53. The van der Waals surface area contributed by atoms with Crippen molar-refractivity contribution >= 4 is 10.8 Å². The van der Waals surface area contributed by atoms with Crippen molar-refractivity contribution in [1.29, 1.82) is 0 Å². The predicted molar refractivity (Wildman–Crippen MR) is 59.6 cm³/mol. The minimum Gasteiger partial charge on any atom is -0.269 e. The summed E-state index contributed by atoms with van der Waals surface area (Å²) in [6.07, 6.45) is 0. The second-order valence-electron chi connectivity index (χ2n) is 3.55. The van der Waals surface area contributed by atoms with E-state index in [1.165, 1.54) is 16.3 Å². The first-order valence-corrected chi connectivity index (χ1v) is 4.70. The Bertz CT molecular complexity index is 430. The van der Waals surface area contributed by atoms with Crippen molar-refractivity contribution in [2.75, 3.05) is 7.05 Å². The molecular formula is C12H14N2. The number of rotatable bonds is 2. The van der Waals surface area contributed by atoms with Crippen molar-refractivity contribution in [1.82, 2.24) is 5.01 Å². The molecule has 0 atom stereocenters. The molecule has 0 heterocycles. The SMILES string of the molecule is CN(N)Cc1cccc2ccccc12. The monoisotopic (exact) mass is 186 g/mol. The predicted octanol–water partition coefficient (Wildman–Crippen LogP) is 2.15. The minimum absolute atomic E-state index is 0.779. The van der Waals surface area contributed by atoms with E-state index in [1.54, 1.807) is 5.01 Å². The third-order valence-corrected chi connectivity index (χ3v) is 2.30. The first-order valence-electron chi connectivity index (χ1n) is 4.70. The fourth-order valence-electron chi connectivity index (χ4n) is 1.70. The van der Waals surface area contributed by atoms with Crippen LogP contribution in [0.3, 0.4) is 0 Å². The molecule has 0 amide bonds. The highest BCUT2D eigenvalue weighted by Gasteiger charge is 2.00. The van der Waals surface area contributed by atoms with Gasteiger partial charge in [0, 0.05) is 13.6 Å². The van der Waals surface area contributed by atoms with Gasteiger partial charge in [-0.15, -0.1) is 0 Å². The van der Waals surface area contributed by atoms with Gasteiger partial charge >= 0.3 is 0 Å². The highest BCUT2D eigenvalue weighted by atomic mass is 15.4. The first-order chi connectivity index (χ1) is 6.77. The van der Waals surface area contributed by atoms with Crippen LogP contribution in [0.2, 0.25) is 0 Å². The summed E-state index contributed by atoms with van der Waals surface area (Å²) in [5, 5.41) is 4.25. The van der Waals surface area contributed by atoms with Gasteiger partial charge in [-0.2, -0.15) is 0 Å². The summed E-state index contributed by atoms with van der Waals surface area (Å²) >= 11 is 0. The van der Waals surface area contributed by atoms with Crippen LogP contribution in [0.4, 0.5) is 0 Å². The summed E-state index contributed by atoms with van der Waals surface area (Å²) in [7, 11) is 1.88. The molecule has 0 saturated carbocycles. The molecule has 2 aromatic rings. The lowest BCUT2D eigenvalue weighted by molar-refractivity contribution is 0.343. The van der Waals surface area contributed by atoms with Crippen molar-refractivity contribution in [3.05, 3.63) is 48.0 Å². The van der Waals surface area contributed by atoms with Crippen LogP contribution in [0.5, 0.6) is 0 Å². The van der Waals surface area contributed by atoms with E-state index in [2.05, 4.69) is 42.5 Å². The maximum atomic E-state index is 5.65. The lowest BCUT2D eigenvalue weighted by atomic mass is 10.0. The van der Waals surface area contributed by atoms with E-state index in [0.717, 1.165) is 6.54 Å². The molecule has 0 aliphatic rings. The van der Waals surface area contributed by atoms with Gasteiger partial charge in [0.2, 0.25) is 0 Å². The molecule has 0 aliphatic carbocycles. The zero-order chi connectivity index (χ0) is 9.97. The van der Waals surface area contributed by atoms with Gasteiger partial charge in [0.05, 0.1) is 0 Å². The largest absolute Gasteiger partial charge is 0.269 e. The molecular weight excluding hydrogens is 172 g/mol. The Labute approximate surface area is 83.9 Å². The third-order valence-electron chi connectivity index (χ3n) is 2.30. The van der Waals surface area contributed by atoms with Crippen LogP contribution in [0.1, 0.15) is 5.56 Å². The van der Waals surface area contributed by atoms with Gasteiger partial charge in [-0.05, 0) is 16.3 Å². The Hall–Kier alpha value is -1.38. The molecule has 14 heavy (non-hydrogen) atoms. The summed E-state index contributed by atoms with van der Waals surface area (Å²) in [6, 6.07) is 14.7. The molecule has 0 saturated heterocycles. The summed E-state index contributed by atoms with van der Waals surface area (Å²) in [5.41, 5.74) is 1.27. The van der Waals surface area contributed by atoms with Crippen LogP contribution in [-0.4, -0.2) is 12.1 Å². The molecule has 2 nitrogen and oxygen atoms in total. The Kier molecular flexibility index (Phi) is 2.48. The normalized spacial score (nSPS) is 11.1. The Morgan fingerprint density at radius 2 is 1.79 bits per heavy atom. The summed E-state index contributed by atoms with van der Waals surface area (Å²) in [5.74, 6) is 5.65. The number of hydrogen-bond acceptors (Lipinski definition) is 2. The van der Waals surface area contributed by atoms with Crippen molar-refractivity contribution in [2.45, 2.75) is 6.54 Å². The van der Waals surface area contributed by atoms with E-state index in [0.29, 0.717) is 0 Å². The average molecular weight is 186 g/mol. The number of fused-ring (bicyclic) bond motifs is 1. The molecule has 0 spiro atoms. The topological polar surface area (TPSA) is 29.3 Å². The third kappa shape index (κ3) is 1.76. The smallest absolute Gasteiger partial charge is 0.0382 e. The zero-order valence-corrected chi connectivity index (χ0v) is 8.27.